The summed E-state index contributed by atoms with van der Waals surface area (Å²) in [6.07, 6.45) is 2.92. The number of likely N-dealkylation sites (tertiary alicyclic amines) is 1. The summed E-state index contributed by atoms with van der Waals surface area (Å²) in [5.74, 6) is 3.02. The highest BCUT2D eigenvalue weighted by molar-refractivity contribution is 6.03. The van der Waals surface area contributed by atoms with Gasteiger partial charge in [-0.2, -0.15) is 5.10 Å². The molecule has 2 aromatic carbocycles. The first-order chi connectivity index (χ1) is 15.6. The predicted octanol–water partition coefficient (Wildman–Crippen LogP) is 3.83. The van der Waals surface area contributed by atoms with E-state index in [0.717, 1.165) is 65.9 Å². The monoisotopic (exact) mass is 435 g/mol. The number of rotatable bonds is 5. The number of hydrazone groups is 1. The summed E-state index contributed by atoms with van der Waals surface area (Å²) in [4.78, 5) is 15.6. The van der Waals surface area contributed by atoms with Crippen molar-refractivity contribution in [2.45, 2.75) is 32.2 Å². The number of nitrogens with zero attached hydrogens (tertiary/aromatic N) is 3. The van der Waals surface area contributed by atoms with Gasteiger partial charge in [-0.3, -0.25) is 9.69 Å². The number of hydrogen-bond acceptors (Lipinski definition) is 6. The molecule has 0 saturated carbocycles. The molecule has 1 fully saturated rings. The van der Waals surface area contributed by atoms with E-state index in [4.69, 9.17) is 19.3 Å². The van der Waals surface area contributed by atoms with Gasteiger partial charge in [0.2, 0.25) is 6.79 Å². The molecule has 2 aromatic rings. The minimum atomic E-state index is -0.169. The highest BCUT2D eigenvalue weighted by atomic mass is 16.7. The number of methoxy groups -OCH3 is 1. The van der Waals surface area contributed by atoms with Crippen LogP contribution in [0.2, 0.25) is 0 Å². The molecule has 3 heterocycles. The Balaban J connectivity index is 1.41. The van der Waals surface area contributed by atoms with Crippen LogP contribution in [-0.2, 0) is 4.79 Å². The Morgan fingerprint density at radius 2 is 1.84 bits per heavy atom. The van der Waals surface area contributed by atoms with Crippen molar-refractivity contribution in [2.24, 2.45) is 11.0 Å². The van der Waals surface area contributed by atoms with Crippen LogP contribution in [0.5, 0.6) is 17.2 Å². The molecule has 1 amide bonds. The van der Waals surface area contributed by atoms with E-state index in [2.05, 4.69) is 11.8 Å². The van der Waals surface area contributed by atoms with Gasteiger partial charge in [0.25, 0.3) is 5.91 Å². The van der Waals surface area contributed by atoms with Crippen LogP contribution in [0.1, 0.15) is 43.4 Å². The molecule has 32 heavy (non-hydrogen) atoms. The zero-order valence-corrected chi connectivity index (χ0v) is 18.6. The third-order valence-corrected chi connectivity index (χ3v) is 6.61. The number of carbonyl (C=O) groups is 1. The van der Waals surface area contributed by atoms with Gasteiger partial charge in [0.05, 0.1) is 25.4 Å². The molecule has 7 heteroatoms. The first-order valence-corrected chi connectivity index (χ1v) is 11.3. The number of fused-ring (bicyclic) bond motifs is 1. The lowest BCUT2D eigenvalue weighted by Gasteiger charge is -2.31. The van der Waals surface area contributed by atoms with Gasteiger partial charge in [0.15, 0.2) is 11.5 Å². The molecule has 0 spiro atoms. The van der Waals surface area contributed by atoms with Crippen molar-refractivity contribution in [3.8, 4) is 17.2 Å². The molecule has 0 radical (unpaired) electrons. The van der Waals surface area contributed by atoms with Crippen LogP contribution in [0.3, 0.4) is 0 Å². The quantitative estimate of drug-likeness (QED) is 0.714. The minimum absolute atomic E-state index is 0.0331. The number of amides is 1. The van der Waals surface area contributed by atoms with Gasteiger partial charge in [-0.25, -0.2) is 5.01 Å². The van der Waals surface area contributed by atoms with E-state index in [1.54, 1.807) is 12.1 Å². The van der Waals surface area contributed by atoms with E-state index < -0.39 is 0 Å². The van der Waals surface area contributed by atoms with Crippen molar-refractivity contribution in [3.05, 3.63) is 53.6 Å². The molecular weight excluding hydrogens is 406 g/mol. The van der Waals surface area contributed by atoms with E-state index in [0.29, 0.717) is 13.0 Å². The Kier molecular flexibility index (Phi) is 5.74. The lowest BCUT2D eigenvalue weighted by Crippen LogP contribution is -2.41. The number of hydrogen-bond donors (Lipinski definition) is 0. The summed E-state index contributed by atoms with van der Waals surface area (Å²) in [6.45, 7) is 4.83. The maximum atomic E-state index is 13.4. The molecule has 7 nitrogen and oxygen atoms in total. The number of piperidine rings is 1. The van der Waals surface area contributed by atoms with Crippen molar-refractivity contribution in [3.63, 3.8) is 0 Å². The van der Waals surface area contributed by atoms with Crippen LogP contribution in [0.25, 0.3) is 0 Å². The van der Waals surface area contributed by atoms with E-state index in [1.807, 2.05) is 42.5 Å². The van der Waals surface area contributed by atoms with Crippen molar-refractivity contribution >= 4 is 11.6 Å². The average molecular weight is 436 g/mol. The fourth-order valence-corrected chi connectivity index (χ4v) is 4.56. The second-order valence-electron chi connectivity index (χ2n) is 8.80. The van der Waals surface area contributed by atoms with Crippen LogP contribution >= 0.6 is 0 Å². The zero-order valence-electron chi connectivity index (χ0n) is 18.6. The summed E-state index contributed by atoms with van der Waals surface area (Å²) in [7, 11) is 1.65. The molecule has 1 atom stereocenters. The normalized spacial score (nSPS) is 21.0. The van der Waals surface area contributed by atoms with Crippen molar-refractivity contribution in [1.82, 2.24) is 9.91 Å². The molecule has 3 aliphatic heterocycles. The lowest BCUT2D eigenvalue weighted by atomic mass is 9.97. The topological polar surface area (TPSA) is 63.6 Å². The van der Waals surface area contributed by atoms with Crippen LogP contribution in [0.4, 0.5) is 0 Å². The van der Waals surface area contributed by atoms with Crippen LogP contribution in [0.15, 0.2) is 47.6 Å². The van der Waals surface area contributed by atoms with Gasteiger partial charge in [0, 0.05) is 6.42 Å². The Labute approximate surface area is 188 Å². The molecule has 168 valence electrons. The summed E-state index contributed by atoms with van der Waals surface area (Å²) in [6, 6.07) is 13.6. The molecule has 3 aliphatic rings. The average Bonchev–Trinajstić information content (AvgIpc) is 3.47. The smallest absolute Gasteiger partial charge is 0.257 e. The largest absolute Gasteiger partial charge is 0.497 e. The molecule has 0 aliphatic carbocycles. The second-order valence-corrected chi connectivity index (χ2v) is 8.80. The van der Waals surface area contributed by atoms with Crippen molar-refractivity contribution < 1.29 is 19.0 Å². The van der Waals surface area contributed by atoms with E-state index in [1.165, 1.54) is 0 Å². The summed E-state index contributed by atoms with van der Waals surface area (Å²) in [5.41, 5.74) is 2.90. The molecule has 5 rings (SSSR count). The maximum Gasteiger partial charge on any atom is 0.257 e. The molecule has 1 saturated heterocycles. The first kappa shape index (κ1) is 20.8. The van der Waals surface area contributed by atoms with Gasteiger partial charge in [0.1, 0.15) is 5.75 Å². The Morgan fingerprint density at radius 3 is 2.59 bits per heavy atom. The van der Waals surface area contributed by atoms with E-state index in [-0.39, 0.29) is 18.7 Å². The number of ether oxygens (including phenoxy) is 3. The third kappa shape index (κ3) is 4.17. The van der Waals surface area contributed by atoms with Gasteiger partial charge in [-0.1, -0.05) is 13.0 Å². The van der Waals surface area contributed by atoms with Crippen LogP contribution < -0.4 is 14.2 Å². The molecule has 0 aromatic heterocycles. The highest BCUT2D eigenvalue weighted by Gasteiger charge is 2.35. The predicted molar refractivity (Wildman–Crippen MR) is 121 cm³/mol. The SMILES string of the molecule is COc1ccc(C2=NN(C(=O)CN3CCC(C)CC3)[C@H](c3ccc4c(c3)OCO4)C2)cc1. The van der Waals surface area contributed by atoms with Crippen LogP contribution in [-0.4, -0.2) is 55.1 Å². The maximum absolute atomic E-state index is 13.4. The molecule has 0 N–H and O–H groups in total. The van der Waals surface area contributed by atoms with Gasteiger partial charge in [-0.05, 0) is 79.4 Å². The molecule has 0 unspecified atom stereocenters. The number of carbonyl (C=O) groups excluding carboxylic acids is 1. The fourth-order valence-electron chi connectivity index (χ4n) is 4.56. The molecular formula is C25H29N3O4. The number of benzene rings is 2. The van der Waals surface area contributed by atoms with Crippen molar-refractivity contribution in [2.75, 3.05) is 33.5 Å². The minimum Gasteiger partial charge on any atom is -0.497 e. The lowest BCUT2D eigenvalue weighted by molar-refractivity contribution is -0.134. The fraction of sp³-hybridized carbons (Fsp3) is 0.440. The summed E-state index contributed by atoms with van der Waals surface area (Å²) >= 11 is 0. The van der Waals surface area contributed by atoms with Gasteiger partial charge < -0.3 is 14.2 Å². The Bertz CT molecular complexity index is 1010. The van der Waals surface area contributed by atoms with Gasteiger partial charge >= 0.3 is 0 Å². The first-order valence-electron chi connectivity index (χ1n) is 11.3. The zero-order chi connectivity index (χ0) is 22.1. The third-order valence-electron chi connectivity index (χ3n) is 6.61. The van der Waals surface area contributed by atoms with E-state index in [9.17, 15) is 4.79 Å². The van der Waals surface area contributed by atoms with Crippen LogP contribution in [0, 0.1) is 5.92 Å². The summed E-state index contributed by atoms with van der Waals surface area (Å²) < 4.78 is 16.3. The Hall–Kier alpha value is -3.06. The summed E-state index contributed by atoms with van der Waals surface area (Å²) in [5, 5.41) is 6.48. The highest BCUT2D eigenvalue weighted by Crippen LogP contribution is 2.39. The van der Waals surface area contributed by atoms with Gasteiger partial charge in [-0.15, -0.1) is 0 Å². The standard InChI is InChI=1S/C25H29N3O4/c1-17-9-11-27(12-10-17)15-25(29)28-22(19-5-8-23-24(13-19)32-16-31-23)14-21(26-28)18-3-6-20(30-2)7-4-18/h3-8,13,17,22H,9-12,14-16H2,1-2H3/t22-/m0/s1. The van der Waals surface area contributed by atoms with E-state index >= 15 is 0 Å². The second kappa shape index (κ2) is 8.82. The Morgan fingerprint density at radius 1 is 1.09 bits per heavy atom. The molecule has 0 bridgehead atoms. The van der Waals surface area contributed by atoms with Crippen molar-refractivity contribution in [1.29, 1.82) is 0 Å².